The van der Waals surface area contributed by atoms with Crippen LogP contribution < -0.4 is 0 Å². The van der Waals surface area contributed by atoms with E-state index in [0.29, 0.717) is 22.7 Å². The Morgan fingerprint density at radius 1 is 1.33 bits per heavy atom. The monoisotopic (exact) mass is 343 g/mol. The van der Waals surface area contributed by atoms with E-state index in [1.54, 1.807) is 0 Å². The summed E-state index contributed by atoms with van der Waals surface area (Å²) < 4.78 is 62.9. The molecule has 1 fully saturated rings. The molecule has 2 rings (SSSR count). The first-order chi connectivity index (χ1) is 9.65. The molecule has 1 aromatic carbocycles. The lowest BCUT2D eigenvalue weighted by molar-refractivity contribution is -0.137. The van der Waals surface area contributed by atoms with E-state index in [-0.39, 0.29) is 16.5 Å². The number of benzene rings is 1. The van der Waals surface area contributed by atoms with Gasteiger partial charge in [0.25, 0.3) is 0 Å². The van der Waals surface area contributed by atoms with Crippen molar-refractivity contribution in [2.24, 2.45) is 0 Å². The second-order valence-electron chi connectivity index (χ2n) is 4.81. The molecule has 0 saturated heterocycles. The van der Waals surface area contributed by atoms with Gasteiger partial charge in [-0.25, -0.2) is 8.42 Å². The molecule has 0 aromatic heterocycles. The summed E-state index contributed by atoms with van der Waals surface area (Å²) in [4.78, 5) is -0.305. The quantitative estimate of drug-likeness (QED) is 0.894. The minimum atomic E-state index is -4.61. The average Bonchev–Trinajstić information content (AvgIpc) is 3.18. The smallest absolute Gasteiger partial charge is 0.392 e. The molecule has 0 bridgehead atoms. The zero-order valence-corrected chi connectivity index (χ0v) is 12.3. The molecule has 0 radical (unpaired) electrons. The van der Waals surface area contributed by atoms with E-state index in [4.69, 9.17) is 16.7 Å². The molecule has 4 nitrogen and oxygen atoms in total. The van der Waals surface area contributed by atoms with Crippen LogP contribution in [-0.2, 0) is 16.6 Å². The van der Waals surface area contributed by atoms with Crippen molar-refractivity contribution in [2.45, 2.75) is 36.6 Å². The SMILES string of the molecule is O=S(=O)(c1ccc(CO)c(Cl)c1)N(CC(F)(F)F)C1CC1. The lowest BCUT2D eigenvalue weighted by atomic mass is 10.2. The Morgan fingerprint density at radius 3 is 2.38 bits per heavy atom. The Bertz CT molecular complexity index is 629. The first-order valence-electron chi connectivity index (χ1n) is 6.13. The fourth-order valence-corrected chi connectivity index (χ4v) is 3.90. The summed E-state index contributed by atoms with van der Waals surface area (Å²) >= 11 is 5.80. The van der Waals surface area contributed by atoms with Crippen molar-refractivity contribution >= 4 is 21.6 Å². The van der Waals surface area contributed by atoms with E-state index in [9.17, 15) is 21.6 Å². The number of hydrogen-bond acceptors (Lipinski definition) is 3. The molecule has 1 aromatic rings. The highest BCUT2D eigenvalue weighted by atomic mass is 35.5. The maximum Gasteiger partial charge on any atom is 0.402 e. The second kappa shape index (κ2) is 5.75. The van der Waals surface area contributed by atoms with Crippen molar-refractivity contribution in [3.05, 3.63) is 28.8 Å². The molecule has 1 N–H and O–H groups in total. The summed E-state index contributed by atoms with van der Waals surface area (Å²) in [6.45, 7) is -1.90. The van der Waals surface area contributed by atoms with E-state index in [1.807, 2.05) is 0 Å². The number of alkyl halides is 3. The van der Waals surface area contributed by atoms with E-state index < -0.39 is 28.8 Å². The van der Waals surface area contributed by atoms with E-state index >= 15 is 0 Å². The van der Waals surface area contributed by atoms with Crippen molar-refractivity contribution in [2.75, 3.05) is 6.54 Å². The van der Waals surface area contributed by atoms with E-state index in [1.165, 1.54) is 6.07 Å². The summed E-state index contributed by atoms with van der Waals surface area (Å²) in [7, 11) is -4.27. The van der Waals surface area contributed by atoms with Crippen molar-refractivity contribution in [3.8, 4) is 0 Å². The number of aliphatic hydroxyl groups excluding tert-OH is 1. The predicted octanol–water partition coefficient (Wildman–Crippen LogP) is 2.55. The number of nitrogens with zero attached hydrogens (tertiary/aromatic N) is 1. The summed E-state index contributed by atoms with van der Waals surface area (Å²) in [5.41, 5.74) is 0.310. The van der Waals surface area contributed by atoms with Crippen LogP contribution >= 0.6 is 11.6 Å². The third kappa shape index (κ3) is 3.88. The zero-order valence-electron chi connectivity index (χ0n) is 10.8. The molecule has 1 aliphatic rings. The summed E-state index contributed by atoms with van der Waals surface area (Å²) in [6.07, 6.45) is -3.78. The first kappa shape index (κ1) is 16.5. The Kier molecular flexibility index (Phi) is 4.53. The van der Waals surface area contributed by atoms with Gasteiger partial charge in [0, 0.05) is 11.1 Å². The van der Waals surface area contributed by atoms with Gasteiger partial charge in [0.2, 0.25) is 10.0 Å². The standard InChI is InChI=1S/C12H13ClF3NO3S/c13-11-5-10(4-1-8(11)6-18)21(19,20)17(9-2-3-9)7-12(14,15)16/h1,4-5,9,18H,2-3,6-7H2. The van der Waals surface area contributed by atoms with Crippen LogP contribution in [0.25, 0.3) is 0 Å². The van der Waals surface area contributed by atoms with Gasteiger partial charge in [-0.2, -0.15) is 17.5 Å². The van der Waals surface area contributed by atoms with Crippen LogP contribution in [0, 0.1) is 0 Å². The minimum Gasteiger partial charge on any atom is -0.392 e. The summed E-state index contributed by atoms with van der Waals surface area (Å²) in [6, 6.07) is 2.88. The summed E-state index contributed by atoms with van der Waals surface area (Å²) in [5.74, 6) is 0. The molecule has 9 heteroatoms. The Balaban J connectivity index is 2.36. The molecule has 0 atom stereocenters. The predicted molar refractivity (Wildman–Crippen MR) is 70.3 cm³/mol. The molecule has 0 spiro atoms. The molecule has 0 unspecified atom stereocenters. The maximum atomic E-state index is 12.6. The molecular weight excluding hydrogens is 331 g/mol. The molecular formula is C12H13ClF3NO3S. The zero-order chi connectivity index (χ0) is 15.8. The maximum absolute atomic E-state index is 12.6. The largest absolute Gasteiger partial charge is 0.402 e. The Hall–Kier alpha value is -0.830. The van der Waals surface area contributed by atoms with Gasteiger partial charge in [-0.15, -0.1) is 0 Å². The number of halogens is 4. The first-order valence-corrected chi connectivity index (χ1v) is 7.95. The third-order valence-electron chi connectivity index (χ3n) is 3.09. The number of aliphatic hydroxyl groups is 1. The molecule has 118 valence electrons. The van der Waals surface area contributed by atoms with Gasteiger partial charge in [-0.3, -0.25) is 0 Å². The number of rotatable bonds is 5. The lowest BCUT2D eigenvalue weighted by Gasteiger charge is -2.23. The van der Waals surface area contributed by atoms with Crippen molar-refractivity contribution < 1.29 is 26.7 Å². The van der Waals surface area contributed by atoms with Crippen molar-refractivity contribution in [1.82, 2.24) is 4.31 Å². The Labute approximate surface area is 125 Å². The Morgan fingerprint density at radius 2 is 1.95 bits per heavy atom. The van der Waals surface area contributed by atoms with Gasteiger partial charge in [0.1, 0.15) is 6.54 Å². The topological polar surface area (TPSA) is 57.6 Å². The highest BCUT2D eigenvalue weighted by Gasteiger charge is 2.44. The molecule has 1 saturated carbocycles. The fourth-order valence-electron chi connectivity index (χ4n) is 1.90. The highest BCUT2D eigenvalue weighted by molar-refractivity contribution is 7.89. The normalized spacial score (nSPS) is 16.5. The molecule has 1 aliphatic carbocycles. The number of hydrogen-bond donors (Lipinski definition) is 1. The molecule has 21 heavy (non-hydrogen) atoms. The van der Waals surface area contributed by atoms with Crippen LogP contribution in [0.1, 0.15) is 18.4 Å². The molecule has 0 aliphatic heterocycles. The lowest BCUT2D eigenvalue weighted by Crippen LogP contribution is -2.40. The highest BCUT2D eigenvalue weighted by Crippen LogP contribution is 2.35. The van der Waals surface area contributed by atoms with Gasteiger partial charge < -0.3 is 5.11 Å². The van der Waals surface area contributed by atoms with Gasteiger partial charge in [-0.1, -0.05) is 17.7 Å². The molecule has 0 amide bonds. The second-order valence-corrected chi connectivity index (χ2v) is 7.11. The van der Waals surface area contributed by atoms with Gasteiger partial charge >= 0.3 is 6.18 Å². The van der Waals surface area contributed by atoms with Gasteiger partial charge in [0.15, 0.2) is 0 Å². The average molecular weight is 344 g/mol. The van der Waals surface area contributed by atoms with Crippen molar-refractivity contribution in [3.63, 3.8) is 0 Å². The van der Waals surface area contributed by atoms with Gasteiger partial charge in [0.05, 0.1) is 11.5 Å². The van der Waals surface area contributed by atoms with Crippen LogP contribution in [0.3, 0.4) is 0 Å². The molecule has 0 heterocycles. The van der Waals surface area contributed by atoms with Crippen LogP contribution in [0.5, 0.6) is 0 Å². The van der Waals surface area contributed by atoms with E-state index in [2.05, 4.69) is 0 Å². The summed E-state index contributed by atoms with van der Waals surface area (Å²) in [5, 5.41) is 8.98. The van der Waals surface area contributed by atoms with Gasteiger partial charge in [-0.05, 0) is 30.5 Å². The van der Waals surface area contributed by atoms with Crippen LogP contribution in [-0.4, -0.2) is 36.6 Å². The fraction of sp³-hybridized carbons (Fsp3) is 0.500. The van der Waals surface area contributed by atoms with Crippen LogP contribution in [0.2, 0.25) is 5.02 Å². The minimum absolute atomic E-state index is 0.00123. The van der Waals surface area contributed by atoms with Crippen LogP contribution in [0.15, 0.2) is 23.1 Å². The third-order valence-corrected chi connectivity index (χ3v) is 5.34. The number of sulfonamides is 1. The van der Waals surface area contributed by atoms with Crippen LogP contribution in [0.4, 0.5) is 13.2 Å². The van der Waals surface area contributed by atoms with E-state index in [0.717, 1.165) is 12.1 Å². The van der Waals surface area contributed by atoms with Crippen molar-refractivity contribution in [1.29, 1.82) is 0 Å².